The lowest BCUT2D eigenvalue weighted by atomic mass is 10.0. The minimum atomic E-state index is 0. The minimum Gasteiger partial charge on any atom is -0.375 e. The Bertz CT molecular complexity index is 567. The van der Waals surface area contributed by atoms with Crippen LogP contribution in [-0.4, -0.2) is 22.5 Å². The molecule has 0 bridgehead atoms. The number of halogens is 1. The van der Waals surface area contributed by atoms with Gasteiger partial charge in [0, 0.05) is 23.7 Å². The Morgan fingerprint density at radius 2 is 2.10 bits per heavy atom. The van der Waals surface area contributed by atoms with E-state index in [1.54, 1.807) is 11.3 Å². The highest BCUT2D eigenvalue weighted by atomic mass is 35.5. The van der Waals surface area contributed by atoms with Gasteiger partial charge in [0.25, 0.3) is 0 Å². The van der Waals surface area contributed by atoms with Gasteiger partial charge in [-0.1, -0.05) is 29.8 Å². The number of nitrogen functional groups attached to an aromatic ring is 1. The maximum absolute atomic E-state index is 5.71. The topological polar surface area (TPSA) is 42.2 Å². The third-order valence-electron chi connectivity index (χ3n) is 4.02. The molecule has 0 radical (unpaired) electrons. The summed E-state index contributed by atoms with van der Waals surface area (Å²) in [6.45, 7) is 4.32. The van der Waals surface area contributed by atoms with Crippen LogP contribution in [0.25, 0.3) is 0 Å². The molecule has 1 atom stereocenters. The SMILES string of the molecule is Cc1ccc(CC2CCCN2Cc2cnc(N)s2)cc1.Cl. The zero-order chi connectivity index (χ0) is 13.9. The van der Waals surface area contributed by atoms with Crippen molar-refractivity contribution >= 4 is 28.9 Å². The van der Waals surface area contributed by atoms with Gasteiger partial charge in [0.1, 0.15) is 0 Å². The zero-order valence-electron chi connectivity index (χ0n) is 12.3. The monoisotopic (exact) mass is 323 g/mol. The number of aryl methyl sites for hydroxylation is 1. The molecule has 3 nitrogen and oxygen atoms in total. The van der Waals surface area contributed by atoms with Gasteiger partial charge in [-0.05, 0) is 38.3 Å². The molecule has 0 spiro atoms. The fourth-order valence-electron chi connectivity index (χ4n) is 2.93. The Labute approximate surface area is 136 Å². The maximum atomic E-state index is 5.71. The average Bonchev–Trinajstić information content (AvgIpc) is 3.03. The Morgan fingerprint density at radius 1 is 1.33 bits per heavy atom. The van der Waals surface area contributed by atoms with Crippen LogP contribution in [0.3, 0.4) is 0 Å². The van der Waals surface area contributed by atoms with Crippen molar-refractivity contribution in [3.63, 3.8) is 0 Å². The second-order valence-electron chi connectivity index (χ2n) is 5.62. The van der Waals surface area contributed by atoms with Gasteiger partial charge in [-0.2, -0.15) is 0 Å². The Kier molecular flexibility index (Phi) is 5.62. The van der Waals surface area contributed by atoms with Crippen LogP contribution in [0.15, 0.2) is 30.5 Å². The zero-order valence-corrected chi connectivity index (χ0v) is 13.9. The van der Waals surface area contributed by atoms with E-state index in [9.17, 15) is 0 Å². The summed E-state index contributed by atoms with van der Waals surface area (Å²) in [5, 5.41) is 0.675. The standard InChI is InChI=1S/C16H21N3S.ClH/c1-12-4-6-13(7-5-12)9-14-3-2-8-19(14)11-15-10-18-16(17)20-15;/h4-7,10,14H,2-3,8-9,11H2,1H3,(H2,17,18);1H. The molecule has 21 heavy (non-hydrogen) atoms. The van der Waals surface area contributed by atoms with Crippen molar-refractivity contribution in [1.82, 2.24) is 9.88 Å². The van der Waals surface area contributed by atoms with E-state index in [1.807, 2.05) is 6.20 Å². The molecule has 1 fully saturated rings. The molecule has 1 aromatic carbocycles. The van der Waals surface area contributed by atoms with Crippen LogP contribution >= 0.6 is 23.7 Å². The second kappa shape index (κ2) is 7.25. The number of thiazole rings is 1. The first kappa shape index (κ1) is 16.3. The lowest BCUT2D eigenvalue weighted by molar-refractivity contribution is 0.246. The van der Waals surface area contributed by atoms with Crippen molar-refractivity contribution < 1.29 is 0 Å². The normalized spacial score (nSPS) is 18.6. The summed E-state index contributed by atoms with van der Waals surface area (Å²) in [7, 11) is 0. The number of rotatable bonds is 4. The largest absolute Gasteiger partial charge is 0.375 e. The molecule has 1 aliphatic rings. The van der Waals surface area contributed by atoms with E-state index in [4.69, 9.17) is 5.73 Å². The molecular formula is C16H22ClN3S. The quantitative estimate of drug-likeness (QED) is 0.933. The lowest BCUT2D eigenvalue weighted by Gasteiger charge is -2.23. The molecular weight excluding hydrogens is 302 g/mol. The molecule has 114 valence electrons. The fourth-order valence-corrected chi connectivity index (χ4v) is 3.64. The van der Waals surface area contributed by atoms with Crippen LogP contribution in [0.2, 0.25) is 0 Å². The molecule has 2 aromatic rings. The molecule has 2 N–H and O–H groups in total. The number of nitrogens with zero attached hydrogens (tertiary/aromatic N) is 2. The first-order chi connectivity index (χ1) is 9.70. The molecule has 1 aromatic heterocycles. The number of benzene rings is 1. The van der Waals surface area contributed by atoms with Crippen LogP contribution in [0.1, 0.15) is 28.8 Å². The first-order valence-corrected chi connectivity index (χ1v) is 8.02. The van der Waals surface area contributed by atoms with E-state index in [0.717, 1.165) is 13.0 Å². The molecule has 2 heterocycles. The highest BCUT2D eigenvalue weighted by Crippen LogP contribution is 2.25. The number of anilines is 1. The van der Waals surface area contributed by atoms with Gasteiger partial charge >= 0.3 is 0 Å². The van der Waals surface area contributed by atoms with Gasteiger partial charge in [-0.15, -0.1) is 23.7 Å². The summed E-state index contributed by atoms with van der Waals surface area (Å²) >= 11 is 1.61. The number of hydrogen-bond acceptors (Lipinski definition) is 4. The third-order valence-corrected chi connectivity index (χ3v) is 4.83. The van der Waals surface area contributed by atoms with E-state index in [0.29, 0.717) is 11.2 Å². The smallest absolute Gasteiger partial charge is 0.180 e. The van der Waals surface area contributed by atoms with E-state index in [1.165, 1.54) is 35.4 Å². The Balaban J connectivity index is 0.00000161. The van der Waals surface area contributed by atoms with Gasteiger partial charge < -0.3 is 5.73 Å². The van der Waals surface area contributed by atoms with Gasteiger partial charge in [0.2, 0.25) is 0 Å². The summed E-state index contributed by atoms with van der Waals surface area (Å²) in [4.78, 5) is 8.00. The maximum Gasteiger partial charge on any atom is 0.180 e. The highest BCUT2D eigenvalue weighted by molar-refractivity contribution is 7.15. The number of likely N-dealkylation sites (tertiary alicyclic amines) is 1. The van der Waals surface area contributed by atoms with E-state index >= 15 is 0 Å². The predicted octanol–water partition coefficient (Wildman–Crippen LogP) is 3.66. The third kappa shape index (κ3) is 4.19. The summed E-state index contributed by atoms with van der Waals surface area (Å²) in [6, 6.07) is 9.59. The van der Waals surface area contributed by atoms with Crippen molar-refractivity contribution in [3.05, 3.63) is 46.5 Å². The van der Waals surface area contributed by atoms with Crippen LogP contribution < -0.4 is 5.73 Å². The highest BCUT2D eigenvalue weighted by Gasteiger charge is 2.25. The van der Waals surface area contributed by atoms with E-state index < -0.39 is 0 Å². The number of aromatic nitrogens is 1. The lowest BCUT2D eigenvalue weighted by Crippen LogP contribution is -2.30. The van der Waals surface area contributed by atoms with Gasteiger partial charge in [0.05, 0.1) is 0 Å². The van der Waals surface area contributed by atoms with Crippen LogP contribution in [0.4, 0.5) is 5.13 Å². The molecule has 1 unspecified atom stereocenters. The predicted molar refractivity (Wildman–Crippen MR) is 92.1 cm³/mol. The average molecular weight is 324 g/mol. The Hall–Kier alpha value is -1.10. The van der Waals surface area contributed by atoms with Crippen molar-refractivity contribution in [3.8, 4) is 0 Å². The van der Waals surface area contributed by atoms with E-state index in [-0.39, 0.29) is 12.4 Å². The minimum absolute atomic E-state index is 0. The number of nitrogens with two attached hydrogens (primary N) is 1. The van der Waals surface area contributed by atoms with Crippen molar-refractivity contribution in [1.29, 1.82) is 0 Å². The summed E-state index contributed by atoms with van der Waals surface area (Å²) in [5.74, 6) is 0. The van der Waals surface area contributed by atoms with Crippen LogP contribution in [0.5, 0.6) is 0 Å². The fraction of sp³-hybridized carbons (Fsp3) is 0.438. The second-order valence-corrected chi connectivity index (χ2v) is 6.77. The molecule has 0 aliphatic carbocycles. The molecule has 5 heteroatoms. The summed E-state index contributed by atoms with van der Waals surface area (Å²) in [5.41, 5.74) is 8.49. The molecule has 3 rings (SSSR count). The van der Waals surface area contributed by atoms with Gasteiger partial charge in [-0.25, -0.2) is 4.98 Å². The van der Waals surface area contributed by atoms with E-state index in [2.05, 4.69) is 41.1 Å². The first-order valence-electron chi connectivity index (χ1n) is 7.20. The molecule has 1 aliphatic heterocycles. The molecule has 0 saturated carbocycles. The molecule has 0 amide bonds. The van der Waals surface area contributed by atoms with Crippen molar-refractivity contribution in [2.75, 3.05) is 12.3 Å². The van der Waals surface area contributed by atoms with Crippen molar-refractivity contribution in [2.24, 2.45) is 0 Å². The molecule has 1 saturated heterocycles. The summed E-state index contributed by atoms with van der Waals surface area (Å²) in [6.07, 6.45) is 5.66. The Morgan fingerprint density at radius 3 is 2.76 bits per heavy atom. The van der Waals surface area contributed by atoms with Gasteiger partial charge in [-0.3, -0.25) is 4.90 Å². The van der Waals surface area contributed by atoms with Crippen molar-refractivity contribution in [2.45, 2.75) is 38.8 Å². The summed E-state index contributed by atoms with van der Waals surface area (Å²) < 4.78 is 0. The van der Waals surface area contributed by atoms with Crippen LogP contribution in [0, 0.1) is 6.92 Å². The van der Waals surface area contributed by atoms with Crippen LogP contribution in [-0.2, 0) is 13.0 Å². The van der Waals surface area contributed by atoms with Gasteiger partial charge in [0.15, 0.2) is 5.13 Å². The number of hydrogen-bond donors (Lipinski definition) is 1.